The van der Waals surface area contributed by atoms with Gasteiger partial charge in [-0.15, -0.1) is 0 Å². The molecule has 3 nitrogen and oxygen atoms in total. The quantitative estimate of drug-likeness (QED) is 0.775. The predicted molar refractivity (Wildman–Crippen MR) is 62.6 cm³/mol. The van der Waals surface area contributed by atoms with Gasteiger partial charge in [0.25, 0.3) is 0 Å². The maximum atomic E-state index is 9.13. The normalized spacial score (nSPS) is 11.9. The first-order valence-corrected chi connectivity index (χ1v) is 5.02. The highest BCUT2D eigenvalue weighted by Crippen LogP contribution is 2.32. The van der Waals surface area contributed by atoms with E-state index in [0.29, 0.717) is 17.3 Å². The zero-order valence-corrected chi connectivity index (χ0v) is 9.47. The summed E-state index contributed by atoms with van der Waals surface area (Å²) in [4.78, 5) is 3.31. The number of aliphatic hydroxyl groups excluding tert-OH is 1. The van der Waals surface area contributed by atoms with Crippen molar-refractivity contribution in [1.82, 2.24) is 0 Å². The Morgan fingerprint density at radius 1 is 1.60 bits per heavy atom. The van der Waals surface area contributed by atoms with E-state index < -0.39 is 6.10 Å². The van der Waals surface area contributed by atoms with Crippen LogP contribution >= 0.6 is 11.6 Å². The lowest BCUT2D eigenvalue weighted by Crippen LogP contribution is -2.15. The number of nitrogens with zero attached hydrogens (tertiary/aromatic N) is 1. The van der Waals surface area contributed by atoms with Crippen LogP contribution in [0.4, 0.5) is 11.4 Å². The molecule has 0 bridgehead atoms. The molecule has 80 valence electrons. The zero-order valence-electron chi connectivity index (χ0n) is 8.71. The van der Waals surface area contributed by atoms with Gasteiger partial charge in [0.2, 0.25) is 5.69 Å². The average molecular weight is 225 g/mol. The average Bonchev–Trinajstić information content (AvgIpc) is 2.20. The van der Waals surface area contributed by atoms with E-state index in [1.807, 2.05) is 6.92 Å². The van der Waals surface area contributed by atoms with Gasteiger partial charge in [-0.05, 0) is 25.5 Å². The number of hydrogen-bond donors (Lipinski definition) is 2. The molecule has 15 heavy (non-hydrogen) atoms. The Morgan fingerprint density at radius 2 is 2.27 bits per heavy atom. The molecular weight excluding hydrogens is 212 g/mol. The molecule has 4 heteroatoms. The van der Waals surface area contributed by atoms with Crippen LogP contribution in [0.2, 0.25) is 5.02 Å². The van der Waals surface area contributed by atoms with E-state index in [2.05, 4.69) is 10.2 Å². The van der Waals surface area contributed by atoms with Crippen LogP contribution in [0.3, 0.4) is 0 Å². The van der Waals surface area contributed by atoms with Crippen molar-refractivity contribution in [2.75, 3.05) is 11.9 Å². The predicted octanol–water partition coefficient (Wildman–Crippen LogP) is 2.99. The number of hydrogen-bond acceptors (Lipinski definition) is 2. The highest BCUT2D eigenvalue weighted by Gasteiger charge is 2.07. The first-order valence-electron chi connectivity index (χ1n) is 4.64. The third-order valence-electron chi connectivity index (χ3n) is 2.07. The first kappa shape index (κ1) is 11.8. The minimum Gasteiger partial charge on any atom is -0.392 e. The van der Waals surface area contributed by atoms with Crippen molar-refractivity contribution in [1.29, 1.82) is 0 Å². The monoisotopic (exact) mass is 224 g/mol. The number of halogens is 1. The van der Waals surface area contributed by atoms with Crippen molar-refractivity contribution in [3.05, 3.63) is 34.1 Å². The maximum Gasteiger partial charge on any atom is 0.205 e. The Morgan fingerprint density at radius 3 is 2.80 bits per heavy atom. The van der Waals surface area contributed by atoms with E-state index in [4.69, 9.17) is 23.3 Å². The fourth-order valence-corrected chi connectivity index (χ4v) is 1.41. The maximum absolute atomic E-state index is 9.13. The number of benzene rings is 1. The highest BCUT2D eigenvalue weighted by atomic mass is 35.5. The summed E-state index contributed by atoms with van der Waals surface area (Å²) in [7, 11) is 0. The molecule has 0 aliphatic rings. The summed E-state index contributed by atoms with van der Waals surface area (Å²) in [5.41, 5.74) is 2.15. The molecule has 0 radical (unpaired) electrons. The van der Waals surface area contributed by atoms with Crippen LogP contribution in [0, 0.1) is 13.5 Å². The summed E-state index contributed by atoms with van der Waals surface area (Å²) < 4.78 is 0. The van der Waals surface area contributed by atoms with Crippen LogP contribution < -0.4 is 5.32 Å². The van der Waals surface area contributed by atoms with Gasteiger partial charge >= 0.3 is 0 Å². The second-order valence-electron chi connectivity index (χ2n) is 3.41. The van der Waals surface area contributed by atoms with Gasteiger partial charge in [-0.25, -0.2) is 4.85 Å². The molecule has 0 saturated heterocycles. The van der Waals surface area contributed by atoms with Crippen molar-refractivity contribution < 1.29 is 5.11 Å². The molecule has 0 unspecified atom stereocenters. The van der Waals surface area contributed by atoms with E-state index in [1.54, 1.807) is 19.1 Å². The zero-order chi connectivity index (χ0) is 11.4. The molecule has 1 rings (SSSR count). The van der Waals surface area contributed by atoms with Crippen LogP contribution in [-0.2, 0) is 0 Å². The fraction of sp³-hybridized carbons (Fsp3) is 0.364. The SMILES string of the molecule is [C-]#[N+]c1ccc(NC[C@H](C)O)c(C)c1Cl. The van der Waals surface area contributed by atoms with Crippen molar-refractivity contribution in [2.45, 2.75) is 20.0 Å². The largest absolute Gasteiger partial charge is 0.392 e. The molecule has 0 spiro atoms. The number of aliphatic hydroxyl groups is 1. The lowest BCUT2D eigenvalue weighted by molar-refractivity contribution is 0.208. The third-order valence-corrected chi connectivity index (χ3v) is 2.55. The van der Waals surface area contributed by atoms with E-state index in [1.165, 1.54) is 0 Å². The molecule has 0 aliphatic carbocycles. The lowest BCUT2D eigenvalue weighted by Gasteiger charge is -2.12. The summed E-state index contributed by atoms with van der Waals surface area (Å²) in [6.45, 7) is 10.9. The number of rotatable bonds is 3. The highest BCUT2D eigenvalue weighted by molar-refractivity contribution is 6.34. The van der Waals surface area contributed by atoms with Gasteiger partial charge in [-0.2, -0.15) is 0 Å². The van der Waals surface area contributed by atoms with Crippen molar-refractivity contribution >= 4 is 23.0 Å². The summed E-state index contributed by atoms with van der Waals surface area (Å²) in [6.07, 6.45) is -0.413. The topological polar surface area (TPSA) is 36.6 Å². The third kappa shape index (κ3) is 2.85. The Balaban J connectivity index is 2.93. The Kier molecular flexibility index (Phi) is 3.96. The molecular formula is C11H13ClN2O. The van der Waals surface area contributed by atoms with Gasteiger partial charge in [-0.3, -0.25) is 0 Å². The van der Waals surface area contributed by atoms with Crippen LogP contribution in [0.5, 0.6) is 0 Å². The van der Waals surface area contributed by atoms with Crippen LogP contribution in [-0.4, -0.2) is 17.8 Å². The minimum absolute atomic E-state index is 0.413. The number of anilines is 1. The van der Waals surface area contributed by atoms with Gasteiger partial charge in [0, 0.05) is 12.2 Å². The smallest absolute Gasteiger partial charge is 0.205 e. The summed E-state index contributed by atoms with van der Waals surface area (Å²) in [6, 6.07) is 3.48. The molecule has 1 aromatic carbocycles. The Bertz CT molecular complexity index is 396. The van der Waals surface area contributed by atoms with Crippen LogP contribution in [0.15, 0.2) is 12.1 Å². The van der Waals surface area contributed by atoms with Crippen LogP contribution in [0.25, 0.3) is 4.85 Å². The first-order chi connectivity index (χ1) is 7.06. The Labute approximate surface area is 94.5 Å². The molecule has 0 amide bonds. The molecule has 2 N–H and O–H groups in total. The van der Waals surface area contributed by atoms with E-state index >= 15 is 0 Å². The van der Waals surface area contributed by atoms with Crippen LogP contribution in [0.1, 0.15) is 12.5 Å². The number of nitrogens with one attached hydrogen (secondary N) is 1. The molecule has 0 saturated carbocycles. The second-order valence-corrected chi connectivity index (χ2v) is 3.79. The van der Waals surface area contributed by atoms with Crippen molar-refractivity contribution in [2.24, 2.45) is 0 Å². The molecule has 0 heterocycles. The van der Waals surface area contributed by atoms with Gasteiger partial charge in [0.1, 0.15) is 0 Å². The van der Waals surface area contributed by atoms with Crippen molar-refractivity contribution in [3.8, 4) is 0 Å². The molecule has 0 aromatic heterocycles. The van der Waals surface area contributed by atoms with E-state index in [9.17, 15) is 0 Å². The summed E-state index contributed by atoms with van der Waals surface area (Å²) in [5.74, 6) is 0. The summed E-state index contributed by atoms with van der Waals surface area (Å²) >= 11 is 6.00. The van der Waals surface area contributed by atoms with Crippen molar-refractivity contribution in [3.63, 3.8) is 0 Å². The molecule has 1 aromatic rings. The lowest BCUT2D eigenvalue weighted by atomic mass is 10.1. The Hall–Kier alpha value is -1.24. The van der Waals surface area contributed by atoms with E-state index in [-0.39, 0.29) is 0 Å². The second kappa shape index (κ2) is 5.01. The molecule has 0 aliphatic heterocycles. The van der Waals surface area contributed by atoms with Gasteiger partial charge in [0.05, 0.1) is 17.7 Å². The minimum atomic E-state index is -0.413. The van der Waals surface area contributed by atoms with Gasteiger partial charge < -0.3 is 10.4 Å². The molecule has 0 fully saturated rings. The molecule has 1 atom stereocenters. The van der Waals surface area contributed by atoms with Gasteiger partial charge in [-0.1, -0.05) is 17.7 Å². The van der Waals surface area contributed by atoms with Gasteiger partial charge in [0.15, 0.2) is 0 Å². The summed E-state index contributed by atoms with van der Waals surface area (Å²) in [5, 5.41) is 12.7. The van der Waals surface area contributed by atoms with E-state index in [0.717, 1.165) is 11.3 Å². The standard InChI is InChI=1S/C11H13ClN2O/c1-7(15)6-14-9-4-5-10(13-3)11(12)8(9)2/h4-5,7,14-15H,6H2,1-2H3/t7-/m0/s1. The fourth-order valence-electron chi connectivity index (χ4n) is 1.21.